The average molecular weight is 426 g/mol. The Hall–Kier alpha value is -2.12. The standard InChI is InChI=1S/C18H21ClN3O5P/c1-4-26-28(25,27-5-2)11-14-9-21-17(10-20-14)18(24)22-16-7-6-13(19)8-15(16)12(3)23/h6-10H,4-5,11H2,1-3H3,(H,22,24). The van der Waals surface area contributed by atoms with Crippen molar-refractivity contribution in [3.05, 3.63) is 52.6 Å². The zero-order valence-corrected chi connectivity index (χ0v) is 17.4. The predicted molar refractivity (Wildman–Crippen MR) is 106 cm³/mol. The van der Waals surface area contributed by atoms with Gasteiger partial charge in [0.25, 0.3) is 5.91 Å². The number of hydrogen-bond donors (Lipinski definition) is 1. The lowest BCUT2D eigenvalue weighted by Crippen LogP contribution is -2.16. The molecular formula is C18H21ClN3O5P. The summed E-state index contributed by atoms with van der Waals surface area (Å²) < 4.78 is 23.0. The van der Waals surface area contributed by atoms with Gasteiger partial charge in [-0.25, -0.2) is 4.98 Å². The van der Waals surface area contributed by atoms with Gasteiger partial charge >= 0.3 is 7.60 Å². The number of Topliss-reactive ketones (excluding diaryl/α,β-unsaturated/α-hetero) is 1. The van der Waals surface area contributed by atoms with Crippen molar-refractivity contribution in [1.82, 2.24) is 9.97 Å². The van der Waals surface area contributed by atoms with E-state index in [4.69, 9.17) is 20.6 Å². The second-order valence-corrected chi connectivity index (χ2v) is 8.19. The fourth-order valence-electron chi connectivity index (χ4n) is 2.38. The van der Waals surface area contributed by atoms with Crippen LogP contribution in [0.1, 0.15) is 47.3 Å². The lowest BCUT2D eigenvalue weighted by atomic mass is 10.1. The van der Waals surface area contributed by atoms with Crippen LogP contribution in [0.4, 0.5) is 5.69 Å². The minimum atomic E-state index is -3.31. The van der Waals surface area contributed by atoms with Gasteiger partial charge < -0.3 is 14.4 Å². The van der Waals surface area contributed by atoms with E-state index in [9.17, 15) is 14.2 Å². The van der Waals surface area contributed by atoms with E-state index in [1.165, 1.54) is 25.4 Å². The predicted octanol–water partition coefficient (Wildman–Crippen LogP) is 4.35. The first-order valence-electron chi connectivity index (χ1n) is 8.59. The molecule has 0 atom stereocenters. The Kier molecular flexibility index (Phi) is 7.83. The molecule has 0 fully saturated rings. The molecule has 8 nitrogen and oxygen atoms in total. The van der Waals surface area contributed by atoms with E-state index in [2.05, 4.69) is 15.3 Å². The van der Waals surface area contributed by atoms with Crippen molar-refractivity contribution in [2.75, 3.05) is 18.5 Å². The van der Waals surface area contributed by atoms with Crippen LogP contribution < -0.4 is 5.32 Å². The third kappa shape index (κ3) is 5.94. The second-order valence-electron chi connectivity index (χ2n) is 5.70. The van der Waals surface area contributed by atoms with Gasteiger partial charge in [-0.1, -0.05) is 11.6 Å². The summed E-state index contributed by atoms with van der Waals surface area (Å²) in [6.07, 6.45) is 2.55. The Bertz CT molecular complexity index is 895. The van der Waals surface area contributed by atoms with Gasteiger partial charge in [-0.15, -0.1) is 0 Å². The Morgan fingerprint density at radius 3 is 2.36 bits per heavy atom. The van der Waals surface area contributed by atoms with Gasteiger partial charge in [0.05, 0.1) is 37.0 Å². The molecule has 1 amide bonds. The first-order chi connectivity index (χ1) is 13.3. The Morgan fingerprint density at radius 2 is 1.82 bits per heavy atom. The van der Waals surface area contributed by atoms with E-state index in [-0.39, 0.29) is 30.9 Å². The van der Waals surface area contributed by atoms with E-state index in [0.717, 1.165) is 0 Å². The van der Waals surface area contributed by atoms with Crippen LogP contribution in [0.25, 0.3) is 0 Å². The molecule has 1 N–H and O–H groups in total. The summed E-state index contributed by atoms with van der Waals surface area (Å²) >= 11 is 5.90. The molecule has 2 aromatic rings. The van der Waals surface area contributed by atoms with Crippen LogP contribution in [0.2, 0.25) is 5.02 Å². The summed E-state index contributed by atoms with van der Waals surface area (Å²) in [6.45, 7) is 5.30. The van der Waals surface area contributed by atoms with Crippen LogP contribution in [-0.4, -0.2) is 34.9 Å². The first kappa shape index (κ1) is 22.2. The highest BCUT2D eigenvalue weighted by Gasteiger charge is 2.25. The van der Waals surface area contributed by atoms with E-state index < -0.39 is 13.5 Å². The smallest absolute Gasteiger partial charge is 0.320 e. The highest BCUT2D eigenvalue weighted by Crippen LogP contribution is 2.50. The van der Waals surface area contributed by atoms with Crippen LogP contribution in [-0.2, 0) is 19.8 Å². The third-order valence-electron chi connectivity index (χ3n) is 3.55. The third-order valence-corrected chi connectivity index (χ3v) is 5.80. The number of halogens is 1. The SMILES string of the molecule is CCOP(=O)(Cc1cnc(C(=O)Nc2ccc(Cl)cc2C(C)=O)cn1)OCC. The summed E-state index contributed by atoms with van der Waals surface area (Å²) in [6, 6.07) is 4.59. The number of aromatic nitrogens is 2. The van der Waals surface area contributed by atoms with E-state index in [1.54, 1.807) is 26.0 Å². The molecule has 0 spiro atoms. The summed E-state index contributed by atoms with van der Waals surface area (Å²) in [4.78, 5) is 32.3. The van der Waals surface area contributed by atoms with Crippen LogP contribution in [0.3, 0.4) is 0 Å². The Labute approximate surface area is 168 Å². The number of nitrogens with one attached hydrogen (secondary N) is 1. The molecule has 0 aliphatic heterocycles. The van der Waals surface area contributed by atoms with Crippen LogP contribution in [0.15, 0.2) is 30.6 Å². The topological polar surface area (TPSA) is 107 Å². The van der Waals surface area contributed by atoms with Gasteiger partial charge in [0.1, 0.15) is 5.69 Å². The average Bonchev–Trinajstić information content (AvgIpc) is 2.63. The molecule has 1 aromatic heterocycles. The number of hydrogen-bond acceptors (Lipinski definition) is 7. The number of rotatable bonds is 9. The highest BCUT2D eigenvalue weighted by molar-refractivity contribution is 7.53. The number of carbonyl (C=O) groups is 2. The van der Waals surface area contributed by atoms with Crippen molar-refractivity contribution in [2.45, 2.75) is 26.9 Å². The molecular weight excluding hydrogens is 405 g/mol. The summed E-state index contributed by atoms with van der Waals surface area (Å²) in [5, 5.41) is 3.01. The van der Waals surface area contributed by atoms with E-state index in [0.29, 0.717) is 22.0 Å². The number of carbonyl (C=O) groups excluding carboxylic acids is 2. The summed E-state index contributed by atoms with van der Waals surface area (Å²) in [5.41, 5.74) is 1.03. The Balaban J connectivity index is 2.14. The molecule has 0 saturated carbocycles. The number of nitrogens with zero attached hydrogens (tertiary/aromatic N) is 2. The Morgan fingerprint density at radius 1 is 1.14 bits per heavy atom. The van der Waals surface area contributed by atoms with Gasteiger partial charge in [0.15, 0.2) is 5.78 Å². The normalized spacial score (nSPS) is 11.3. The highest BCUT2D eigenvalue weighted by atomic mass is 35.5. The maximum Gasteiger partial charge on any atom is 0.336 e. The zero-order chi connectivity index (χ0) is 20.7. The molecule has 0 unspecified atom stereocenters. The molecule has 0 aliphatic rings. The molecule has 0 radical (unpaired) electrons. The van der Waals surface area contributed by atoms with Gasteiger partial charge in [-0.05, 0) is 39.0 Å². The minimum Gasteiger partial charge on any atom is -0.320 e. The largest absolute Gasteiger partial charge is 0.336 e. The summed E-state index contributed by atoms with van der Waals surface area (Å²) in [7, 11) is -3.31. The molecule has 0 bridgehead atoms. The van der Waals surface area contributed by atoms with E-state index in [1.807, 2.05) is 0 Å². The first-order valence-corrected chi connectivity index (χ1v) is 10.7. The maximum absolute atomic E-state index is 12.5. The number of benzene rings is 1. The molecule has 2 rings (SSSR count). The van der Waals surface area contributed by atoms with Crippen molar-refractivity contribution in [3.63, 3.8) is 0 Å². The minimum absolute atomic E-state index is 0.0378. The van der Waals surface area contributed by atoms with Crippen molar-refractivity contribution in [3.8, 4) is 0 Å². The summed E-state index contributed by atoms with van der Waals surface area (Å²) in [5.74, 6) is -0.775. The molecule has 10 heteroatoms. The maximum atomic E-state index is 12.5. The van der Waals surface area contributed by atoms with Crippen molar-refractivity contribution >= 4 is 36.6 Å². The molecule has 1 aromatic carbocycles. The molecule has 28 heavy (non-hydrogen) atoms. The quantitative estimate of drug-likeness (QED) is 0.470. The molecule has 0 saturated heterocycles. The second kappa shape index (κ2) is 9.89. The van der Waals surface area contributed by atoms with Crippen LogP contribution in [0.5, 0.6) is 0 Å². The number of ketones is 1. The van der Waals surface area contributed by atoms with Crippen molar-refractivity contribution in [1.29, 1.82) is 0 Å². The van der Waals surface area contributed by atoms with Crippen molar-refractivity contribution in [2.24, 2.45) is 0 Å². The monoisotopic (exact) mass is 425 g/mol. The fourth-order valence-corrected chi connectivity index (χ4v) is 4.15. The van der Waals surface area contributed by atoms with Gasteiger partial charge in [0, 0.05) is 16.8 Å². The van der Waals surface area contributed by atoms with Crippen molar-refractivity contribution < 1.29 is 23.2 Å². The van der Waals surface area contributed by atoms with Crippen LogP contribution >= 0.6 is 19.2 Å². The fraction of sp³-hybridized carbons (Fsp3) is 0.333. The lowest BCUT2D eigenvalue weighted by molar-refractivity contribution is 0.101. The number of anilines is 1. The zero-order valence-electron chi connectivity index (χ0n) is 15.8. The van der Waals surface area contributed by atoms with Gasteiger partial charge in [0.2, 0.25) is 0 Å². The lowest BCUT2D eigenvalue weighted by Gasteiger charge is -2.16. The van der Waals surface area contributed by atoms with Gasteiger partial charge in [-0.2, -0.15) is 0 Å². The molecule has 150 valence electrons. The van der Waals surface area contributed by atoms with Crippen LogP contribution in [0, 0.1) is 0 Å². The van der Waals surface area contributed by atoms with E-state index >= 15 is 0 Å². The molecule has 1 heterocycles. The molecule has 0 aliphatic carbocycles. The number of amides is 1. The van der Waals surface area contributed by atoms with Gasteiger partial charge in [-0.3, -0.25) is 19.1 Å².